The lowest BCUT2D eigenvalue weighted by atomic mass is 9.87. The number of hydrogen-bond acceptors (Lipinski definition) is 4. The van der Waals surface area contributed by atoms with E-state index in [2.05, 4.69) is 0 Å². The van der Waals surface area contributed by atoms with E-state index in [1.807, 2.05) is 37.4 Å². The fraction of sp³-hybridized carbons (Fsp3) is 0.294. The van der Waals surface area contributed by atoms with Crippen molar-refractivity contribution < 1.29 is 16.8 Å². The molecule has 2 aromatic carbocycles. The predicted octanol–water partition coefficient (Wildman–Crippen LogP) is 2.46. The lowest BCUT2D eigenvalue weighted by molar-refractivity contribution is 0.557. The molecule has 0 amide bonds. The Bertz CT molecular complexity index is 941. The standard InChI is InChI=1S/C17H22N2O4S2/c1-13-5-9-15(10-6-13)24(20,21)18-19-25(22,23)16-11-7-14(8-12-16)17(2,3)4/h5-12,18-19H,1-4H3. The molecule has 25 heavy (non-hydrogen) atoms. The van der Waals surface area contributed by atoms with Crippen LogP contribution in [-0.4, -0.2) is 16.8 Å². The van der Waals surface area contributed by atoms with Gasteiger partial charge in [0.05, 0.1) is 9.79 Å². The molecule has 2 rings (SSSR count). The van der Waals surface area contributed by atoms with Gasteiger partial charge in [0.1, 0.15) is 0 Å². The monoisotopic (exact) mass is 382 g/mol. The van der Waals surface area contributed by atoms with Crippen molar-refractivity contribution in [3.8, 4) is 0 Å². The third kappa shape index (κ3) is 4.88. The molecule has 136 valence electrons. The Morgan fingerprint density at radius 3 is 1.40 bits per heavy atom. The summed E-state index contributed by atoms with van der Waals surface area (Å²) in [6.45, 7) is 7.88. The maximum atomic E-state index is 12.3. The molecule has 0 aliphatic carbocycles. The Morgan fingerprint density at radius 1 is 0.680 bits per heavy atom. The Hall–Kier alpha value is -1.74. The van der Waals surface area contributed by atoms with Crippen LogP contribution < -0.4 is 9.66 Å². The number of hydrazine groups is 1. The van der Waals surface area contributed by atoms with Gasteiger partial charge in [-0.2, -0.15) is 0 Å². The highest BCUT2D eigenvalue weighted by Gasteiger charge is 2.21. The van der Waals surface area contributed by atoms with Crippen molar-refractivity contribution in [2.75, 3.05) is 0 Å². The highest BCUT2D eigenvalue weighted by molar-refractivity contribution is 7.92. The summed E-state index contributed by atoms with van der Waals surface area (Å²) in [4.78, 5) is 3.79. The van der Waals surface area contributed by atoms with Gasteiger partial charge in [0.2, 0.25) is 0 Å². The summed E-state index contributed by atoms with van der Waals surface area (Å²) in [7, 11) is -8.00. The number of rotatable bonds is 5. The molecule has 0 aliphatic heterocycles. The smallest absolute Gasteiger partial charge is 0.206 e. The van der Waals surface area contributed by atoms with Crippen LogP contribution in [0.2, 0.25) is 0 Å². The Kier molecular flexibility index (Phi) is 5.38. The van der Waals surface area contributed by atoms with Gasteiger partial charge in [-0.1, -0.05) is 50.6 Å². The molecular weight excluding hydrogens is 360 g/mol. The molecular formula is C17H22N2O4S2. The summed E-state index contributed by atoms with van der Waals surface area (Å²) in [5, 5.41) is 0. The number of nitrogens with one attached hydrogen (secondary N) is 2. The van der Waals surface area contributed by atoms with Gasteiger partial charge in [0.25, 0.3) is 20.0 Å². The quantitative estimate of drug-likeness (QED) is 0.777. The van der Waals surface area contributed by atoms with Crippen molar-refractivity contribution >= 4 is 20.0 Å². The lowest BCUT2D eigenvalue weighted by Gasteiger charge is -2.19. The average molecular weight is 383 g/mol. The summed E-state index contributed by atoms with van der Waals surface area (Å²) >= 11 is 0. The molecule has 0 radical (unpaired) electrons. The van der Waals surface area contributed by atoms with E-state index < -0.39 is 20.0 Å². The second-order valence-corrected chi connectivity index (χ2v) is 10.2. The van der Waals surface area contributed by atoms with Gasteiger partial charge in [-0.15, -0.1) is 9.66 Å². The minimum atomic E-state index is -4.01. The maximum absolute atomic E-state index is 12.3. The first-order chi connectivity index (χ1) is 11.4. The Labute approximate surface area is 149 Å². The van der Waals surface area contributed by atoms with Crippen LogP contribution in [0.1, 0.15) is 31.9 Å². The summed E-state index contributed by atoms with van der Waals surface area (Å²) in [6.07, 6.45) is 0. The number of aryl methyl sites for hydroxylation is 1. The molecule has 8 heteroatoms. The first kappa shape index (κ1) is 19.6. The first-order valence-corrected chi connectivity index (χ1v) is 10.6. The molecule has 6 nitrogen and oxygen atoms in total. The van der Waals surface area contributed by atoms with E-state index in [0.29, 0.717) is 0 Å². The van der Waals surface area contributed by atoms with Gasteiger partial charge in [-0.3, -0.25) is 0 Å². The molecule has 0 aliphatic rings. The summed E-state index contributed by atoms with van der Waals surface area (Å²) in [5.74, 6) is 0. The Morgan fingerprint density at radius 2 is 1.04 bits per heavy atom. The number of benzene rings is 2. The van der Waals surface area contributed by atoms with E-state index in [-0.39, 0.29) is 15.2 Å². The maximum Gasteiger partial charge on any atom is 0.254 e. The van der Waals surface area contributed by atoms with Crippen molar-refractivity contribution in [3.05, 3.63) is 59.7 Å². The van der Waals surface area contributed by atoms with Gasteiger partial charge < -0.3 is 0 Å². The van der Waals surface area contributed by atoms with Gasteiger partial charge >= 0.3 is 0 Å². The van der Waals surface area contributed by atoms with Crippen molar-refractivity contribution in [1.29, 1.82) is 0 Å². The van der Waals surface area contributed by atoms with Crippen LogP contribution >= 0.6 is 0 Å². The summed E-state index contributed by atoms with van der Waals surface area (Å²) in [5.41, 5.74) is 1.77. The minimum Gasteiger partial charge on any atom is -0.206 e. The van der Waals surface area contributed by atoms with Crippen LogP contribution in [0.5, 0.6) is 0 Å². The van der Waals surface area contributed by atoms with Crippen LogP contribution in [-0.2, 0) is 25.5 Å². The van der Waals surface area contributed by atoms with Crippen LogP contribution in [0.25, 0.3) is 0 Å². The Balaban J connectivity index is 2.17. The largest absolute Gasteiger partial charge is 0.254 e. The normalized spacial score (nSPS) is 13.0. The van der Waals surface area contributed by atoms with E-state index in [1.54, 1.807) is 24.3 Å². The van der Waals surface area contributed by atoms with Gasteiger partial charge in [-0.05, 0) is 42.2 Å². The zero-order chi connectivity index (χ0) is 18.9. The van der Waals surface area contributed by atoms with Gasteiger partial charge in [0.15, 0.2) is 0 Å². The molecule has 0 unspecified atom stereocenters. The molecule has 2 aromatic rings. The average Bonchev–Trinajstić information content (AvgIpc) is 2.53. The fourth-order valence-electron chi connectivity index (χ4n) is 2.08. The van der Waals surface area contributed by atoms with Crippen LogP contribution in [0, 0.1) is 6.92 Å². The van der Waals surface area contributed by atoms with Crippen molar-refractivity contribution in [3.63, 3.8) is 0 Å². The summed E-state index contributed by atoms with van der Waals surface area (Å²) < 4.78 is 48.9. The molecule has 0 saturated carbocycles. The molecule has 0 spiro atoms. The van der Waals surface area contributed by atoms with E-state index >= 15 is 0 Å². The highest BCUT2D eigenvalue weighted by atomic mass is 32.2. The van der Waals surface area contributed by atoms with Crippen LogP contribution in [0.15, 0.2) is 58.3 Å². The van der Waals surface area contributed by atoms with E-state index in [0.717, 1.165) is 11.1 Å². The van der Waals surface area contributed by atoms with Gasteiger partial charge in [-0.25, -0.2) is 16.8 Å². The van der Waals surface area contributed by atoms with Crippen molar-refractivity contribution in [2.45, 2.75) is 42.9 Å². The molecule has 0 aromatic heterocycles. The molecule has 0 fully saturated rings. The van der Waals surface area contributed by atoms with Crippen LogP contribution in [0.4, 0.5) is 0 Å². The molecule has 2 N–H and O–H groups in total. The third-order valence-electron chi connectivity index (χ3n) is 3.67. The minimum absolute atomic E-state index is 0.0212. The second kappa shape index (κ2) is 6.87. The van der Waals surface area contributed by atoms with Crippen molar-refractivity contribution in [2.24, 2.45) is 0 Å². The topological polar surface area (TPSA) is 92.3 Å². The summed E-state index contributed by atoms with van der Waals surface area (Å²) in [6, 6.07) is 12.4. The highest BCUT2D eigenvalue weighted by Crippen LogP contribution is 2.23. The van der Waals surface area contributed by atoms with E-state index in [4.69, 9.17) is 0 Å². The van der Waals surface area contributed by atoms with E-state index in [1.165, 1.54) is 24.3 Å². The fourth-order valence-corrected chi connectivity index (χ4v) is 4.18. The van der Waals surface area contributed by atoms with Crippen LogP contribution in [0.3, 0.4) is 0 Å². The molecule has 0 atom stereocenters. The second-order valence-electron chi connectivity index (χ2n) is 6.80. The molecule has 0 heterocycles. The van der Waals surface area contributed by atoms with E-state index in [9.17, 15) is 16.8 Å². The first-order valence-electron chi connectivity index (χ1n) is 7.63. The predicted molar refractivity (Wildman–Crippen MR) is 97.0 cm³/mol. The molecule has 0 bridgehead atoms. The third-order valence-corrected chi connectivity index (χ3v) is 6.33. The zero-order valence-electron chi connectivity index (χ0n) is 14.6. The lowest BCUT2D eigenvalue weighted by Crippen LogP contribution is -2.41. The van der Waals surface area contributed by atoms with Crippen molar-refractivity contribution in [1.82, 2.24) is 9.66 Å². The zero-order valence-corrected chi connectivity index (χ0v) is 16.2. The molecule has 0 saturated heterocycles. The number of hydrogen-bond donors (Lipinski definition) is 2. The SMILES string of the molecule is Cc1ccc(S(=O)(=O)NNS(=O)(=O)c2ccc(C(C)(C)C)cc2)cc1. The van der Waals surface area contributed by atoms with Gasteiger partial charge in [0, 0.05) is 0 Å². The number of sulfonamides is 2.